The molecule has 23 heavy (non-hydrogen) atoms. The zero-order chi connectivity index (χ0) is 16.2. The molecule has 0 bridgehead atoms. The van der Waals surface area contributed by atoms with Crippen molar-refractivity contribution in [3.8, 4) is 5.75 Å². The highest BCUT2D eigenvalue weighted by Gasteiger charge is 2.17. The van der Waals surface area contributed by atoms with Crippen molar-refractivity contribution in [3.05, 3.63) is 72.5 Å². The van der Waals surface area contributed by atoms with Crippen molar-refractivity contribution in [2.75, 3.05) is 5.32 Å². The quantitative estimate of drug-likeness (QED) is 0.776. The SMILES string of the molecule is CC(Oc1ccccc1F)C(=O)Nc1cccc2ccccc12. The lowest BCUT2D eigenvalue weighted by Crippen LogP contribution is -2.30. The maximum Gasteiger partial charge on any atom is 0.265 e. The van der Waals surface area contributed by atoms with Crippen LogP contribution >= 0.6 is 0 Å². The van der Waals surface area contributed by atoms with Crippen molar-refractivity contribution in [2.45, 2.75) is 13.0 Å². The van der Waals surface area contributed by atoms with Gasteiger partial charge in [0.1, 0.15) is 0 Å². The summed E-state index contributed by atoms with van der Waals surface area (Å²) in [6, 6.07) is 19.5. The molecule has 3 aromatic rings. The van der Waals surface area contributed by atoms with E-state index in [1.807, 2.05) is 42.5 Å². The van der Waals surface area contributed by atoms with Gasteiger partial charge in [0.25, 0.3) is 5.91 Å². The smallest absolute Gasteiger partial charge is 0.265 e. The molecule has 0 aliphatic rings. The second-order valence-electron chi connectivity index (χ2n) is 5.21. The number of fused-ring (bicyclic) bond motifs is 1. The van der Waals surface area contributed by atoms with Crippen LogP contribution in [0.3, 0.4) is 0 Å². The van der Waals surface area contributed by atoms with Gasteiger partial charge in [-0.05, 0) is 30.5 Å². The van der Waals surface area contributed by atoms with Gasteiger partial charge in [-0.1, -0.05) is 48.5 Å². The standard InChI is InChI=1S/C19H16FNO2/c1-13(23-18-12-5-4-10-16(18)20)19(22)21-17-11-6-8-14-7-2-3-9-15(14)17/h2-13H,1H3,(H,21,22). The number of carbonyl (C=O) groups excluding carboxylic acids is 1. The molecule has 0 fully saturated rings. The van der Waals surface area contributed by atoms with Gasteiger partial charge in [0.15, 0.2) is 17.7 Å². The third-order valence-corrected chi connectivity index (χ3v) is 3.56. The highest BCUT2D eigenvalue weighted by Crippen LogP contribution is 2.23. The van der Waals surface area contributed by atoms with Crippen LogP contribution in [0.1, 0.15) is 6.92 Å². The topological polar surface area (TPSA) is 38.3 Å². The Morgan fingerprint density at radius 3 is 2.52 bits per heavy atom. The number of carbonyl (C=O) groups is 1. The lowest BCUT2D eigenvalue weighted by molar-refractivity contribution is -0.122. The van der Waals surface area contributed by atoms with Crippen molar-refractivity contribution in [1.82, 2.24) is 0 Å². The molecule has 1 unspecified atom stereocenters. The first-order valence-electron chi connectivity index (χ1n) is 7.35. The third-order valence-electron chi connectivity index (χ3n) is 3.56. The number of amides is 1. The van der Waals surface area contributed by atoms with E-state index in [1.54, 1.807) is 19.1 Å². The summed E-state index contributed by atoms with van der Waals surface area (Å²) in [5.41, 5.74) is 0.706. The normalized spacial score (nSPS) is 11.9. The average molecular weight is 309 g/mol. The zero-order valence-corrected chi connectivity index (χ0v) is 12.6. The molecule has 0 radical (unpaired) electrons. The van der Waals surface area contributed by atoms with Crippen molar-refractivity contribution < 1.29 is 13.9 Å². The fraction of sp³-hybridized carbons (Fsp3) is 0.105. The van der Waals surface area contributed by atoms with Crippen LogP contribution in [0.2, 0.25) is 0 Å². The van der Waals surface area contributed by atoms with E-state index in [1.165, 1.54) is 12.1 Å². The van der Waals surface area contributed by atoms with Crippen molar-refractivity contribution in [3.63, 3.8) is 0 Å². The number of halogens is 1. The van der Waals surface area contributed by atoms with E-state index in [0.717, 1.165) is 10.8 Å². The maximum atomic E-state index is 13.6. The van der Waals surface area contributed by atoms with E-state index in [0.29, 0.717) is 5.69 Å². The second kappa shape index (κ2) is 6.48. The molecule has 1 atom stereocenters. The molecule has 0 aliphatic carbocycles. The molecular weight excluding hydrogens is 293 g/mol. The molecule has 0 heterocycles. The van der Waals surface area contributed by atoms with Gasteiger partial charge in [-0.25, -0.2) is 4.39 Å². The minimum Gasteiger partial charge on any atom is -0.478 e. The van der Waals surface area contributed by atoms with E-state index in [4.69, 9.17) is 4.74 Å². The Balaban J connectivity index is 1.77. The van der Waals surface area contributed by atoms with E-state index in [2.05, 4.69) is 5.32 Å². The first-order chi connectivity index (χ1) is 11.1. The average Bonchev–Trinajstić information content (AvgIpc) is 2.57. The Morgan fingerprint density at radius 1 is 1.00 bits per heavy atom. The fourth-order valence-corrected chi connectivity index (χ4v) is 2.35. The summed E-state index contributed by atoms with van der Waals surface area (Å²) >= 11 is 0. The van der Waals surface area contributed by atoms with Gasteiger partial charge in [-0.2, -0.15) is 0 Å². The van der Waals surface area contributed by atoms with Crippen molar-refractivity contribution >= 4 is 22.4 Å². The van der Waals surface area contributed by atoms with Gasteiger partial charge < -0.3 is 10.1 Å². The van der Waals surface area contributed by atoms with Crippen LogP contribution < -0.4 is 10.1 Å². The first-order valence-corrected chi connectivity index (χ1v) is 7.35. The Labute approximate surface area is 133 Å². The van der Waals surface area contributed by atoms with Crippen LogP contribution in [0.4, 0.5) is 10.1 Å². The summed E-state index contributed by atoms with van der Waals surface area (Å²) in [4.78, 5) is 12.3. The van der Waals surface area contributed by atoms with Crippen molar-refractivity contribution in [2.24, 2.45) is 0 Å². The summed E-state index contributed by atoms with van der Waals surface area (Å²) in [6.45, 7) is 1.59. The molecule has 1 N–H and O–H groups in total. The van der Waals surface area contributed by atoms with Gasteiger partial charge in [0, 0.05) is 11.1 Å². The Kier molecular flexibility index (Phi) is 4.24. The molecule has 3 nitrogen and oxygen atoms in total. The van der Waals surface area contributed by atoms with Crippen LogP contribution in [0.5, 0.6) is 5.75 Å². The summed E-state index contributed by atoms with van der Waals surface area (Å²) in [5.74, 6) is -0.755. The van der Waals surface area contributed by atoms with Crippen LogP contribution in [0, 0.1) is 5.82 Å². The second-order valence-corrected chi connectivity index (χ2v) is 5.21. The molecule has 1 amide bonds. The molecule has 3 aromatic carbocycles. The first kappa shape index (κ1) is 15.0. The number of ether oxygens (including phenoxy) is 1. The van der Waals surface area contributed by atoms with Gasteiger partial charge in [0.05, 0.1) is 0 Å². The lowest BCUT2D eigenvalue weighted by Gasteiger charge is -2.16. The predicted octanol–water partition coefficient (Wildman–Crippen LogP) is 4.38. The van der Waals surface area contributed by atoms with Crippen LogP contribution in [-0.2, 0) is 4.79 Å². The van der Waals surface area contributed by atoms with Gasteiger partial charge >= 0.3 is 0 Å². The molecule has 3 rings (SSSR count). The molecular formula is C19H16FNO2. The fourth-order valence-electron chi connectivity index (χ4n) is 2.35. The minimum atomic E-state index is -0.814. The molecule has 0 aliphatic heterocycles. The van der Waals surface area contributed by atoms with E-state index >= 15 is 0 Å². The lowest BCUT2D eigenvalue weighted by atomic mass is 10.1. The van der Waals surface area contributed by atoms with E-state index in [9.17, 15) is 9.18 Å². The van der Waals surface area contributed by atoms with Crippen molar-refractivity contribution in [1.29, 1.82) is 0 Å². The molecule has 4 heteroatoms. The summed E-state index contributed by atoms with van der Waals surface area (Å²) < 4.78 is 19.0. The highest BCUT2D eigenvalue weighted by atomic mass is 19.1. The number of anilines is 1. The van der Waals surface area contributed by atoms with Crippen LogP contribution in [0.15, 0.2) is 66.7 Å². The number of nitrogens with one attached hydrogen (secondary N) is 1. The van der Waals surface area contributed by atoms with Crippen LogP contribution in [0.25, 0.3) is 10.8 Å². The van der Waals surface area contributed by atoms with Crippen LogP contribution in [-0.4, -0.2) is 12.0 Å². The predicted molar refractivity (Wildman–Crippen MR) is 89.1 cm³/mol. The summed E-state index contributed by atoms with van der Waals surface area (Å²) in [5, 5.41) is 4.82. The molecule has 0 saturated carbocycles. The van der Waals surface area contributed by atoms with Gasteiger partial charge in [-0.3, -0.25) is 4.79 Å². The minimum absolute atomic E-state index is 0.0630. The molecule has 0 spiro atoms. The van der Waals surface area contributed by atoms with Gasteiger partial charge in [0.2, 0.25) is 0 Å². The molecule has 116 valence electrons. The van der Waals surface area contributed by atoms with E-state index < -0.39 is 11.9 Å². The Hall–Kier alpha value is -2.88. The number of rotatable bonds is 4. The highest BCUT2D eigenvalue weighted by molar-refractivity contribution is 6.03. The largest absolute Gasteiger partial charge is 0.478 e. The molecule has 0 saturated heterocycles. The number of hydrogen-bond acceptors (Lipinski definition) is 2. The third kappa shape index (κ3) is 3.31. The Morgan fingerprint density at radius 2 is 1.70 bits per heavy atom. The summed E-state index contributed by atoms with van der Waals surface area (Å²) in [6.07, 6.45) is -0.814. The monoisotopic (exact) mass is 309 g/mol. The van der Waals surface area contributed by atoms with Gasteiger partial charge in [-0.15, -0.1) is 0 Å². The zero-order valence-electron chi connectivity index (χ0n) is 12.6. The molecule has 0 aromatic heterocycles. The number of benzene rings is 3. The number of para-hydroxylation sites is 1. The summed E-state index contributed by atoms with van der Waals surface area (Å²) in [7, 11) is 0. The maximum absolute atomic E-state index is 13.6. The van der Waals surface area contributed by atoms with E-state index in [-0.39, 0.29) is 11.7 Å². The Bertz CT molecular complexity index is 842. The number of hydrogen-bond donors (Lipinski definition) is 1.